The highest BCUT2D eigenvalue weighted by atomic mass is 16.6. The molecule has 1 amide bonds. The average Bonchev–Trinajstić information content (AvgIpc) is 2.49. The molecule has 1 heterocycles. The van der Waals surface area contributed by atoms with Gasteiger partial charge in [-0.3, -0.25) is 0 Å². The molecule has 5 nitrogen and oxygen atoms in total. The third-order valence-electron chi connectivity index (χ3n) is 4.67. The summed E-state index contributed by atoms with van der Waals surface area (Å²) in [6, 6.07) is 0.506. The number of piperidine rings is 1. The number of likely N-dealkylation sites (N-methyl/N-ethyl adjacent to an activating group) is 1. The quantitative estimate of drug-likeness (QED) is 0.781. The van der Waals surface area contributed by atoms with E-state index in [-0.39, 0.29) is 6.09 Å². The normalized spacial score (nSPS) is 18.7. The van der Waals surface area contributed by atoms with Gasteiger partial charge < -0.3 is 19.9 Å². The second-order valence-electron chi connectivity index (χ2n) is 7.57. The average molecular weight is 328 g/mol. The van der Waals surface area contributed by atoms with Crippen LogP contribution < -0.4 is 5.32 Å². The van der Waals surface area contributed by atoms with Gasteiger partial charge in [-0.15, -0.1) is 0 Å². The predicted octanol–water partition coefficient (Wildman–Crippen LogP) is 2.95. The monoisotopic (exact) mass is 327 g/mol. The number of carbonyl (C=O) groups is 1. The van der Waals surface area contributed by atoms with E-state index >= 15 is 0 Å². The van der Waals surface area contributed by atoms with Gasteiger partial charge in [-0.1, -0.05) is 6.92 Å². The lowest BCUT2D eigenvalue weighted by Gasteiger charge is -2.35. The Hall–Kier alpha value is -0.810. The highest BCUT2D eigenvalue weighted by molar-refractivity contribution is 5.68. The lowest BCUT2D eigenvalue weighted by Crippen LogP contribution is -2.45. The van der Waals surface area contributed by atoms with Crippen molar-refractivity contribution < 1.29 is 9.53 Å². The van der Waals surface area contributed by atoms with Crippen molar-refractivity contribution >= 4 is 6.09 Å². The largest absolute Gasteiger partial charge is 0.444 e. The van der Waals surface area contributed by atoms with E-state index in [2.05, 4.69) is 24.1 Å². The summed E-state index contributed by atoms with van der Waals surface area (Å²) in [6.07, 6.45) is 2.32. The van der Waals surface area contributed by atoms with Gasteiger partial charge in [0, 0.05) is 25.7 Å². The molecule has 0 aromatic heterocycles. The molecule has 1 saturated heterocycles. The summed E-state index contributed by atoms with van der Waals surface area (Å²) < 4.78 is 5.44. The summed E-state index contributed by atoms with van der Waals surface area (Å²) in [5.41, 5.74) is -0.432. The van der Waals surface area contributed by atoms with Crippen molar-refractivity contribution in [2.45, 2.75) is 66.0 Å². The maximum absolute atomic E-state index is 12.1. The Morgan fingerprint density at radius 2 is 1.91 bits per heavy atom. The first-order chi connectivity index (χ1) is 10.8. The number of rotatable bonds is 7. The summed E-state index contributed by atoms with van der Waals surface area (Å²) in [5.74, 6) is 0.745. The van der Waals surface area contributed by atoms with E-state index in [0.717, 1.165) is 19.0 Å². The maximum Gasteiger partial charge on any atom is 0.410 e. The molecular weight excluding hydrogens is 290 g/mol. The second-order valence-corrected chi connectivity index (χ2v) is 7.57. The van der Waals surface area contributed by atoms with Crippen molar-refractivity contribution in [1.29, 1.82) is 0 Å². The fourth-order valence-corrected chi connectivity index (χ4v) is 3.07. The Morgan fingerprint density at radius 1 is 1.30 bits per heavy atom. The van der Waals surface area contributed by atoms with Crippen LogP contribution in [0.25, 0.3) is 0 Å². The van der Waals surface area contributed by atoms with Crippen molar-refractivity contribution in [2.75, 3.05) is 39.3 Å². The van der Waals surface area contributed by atoms with Gasteiger partial charge in [-0.25, -0.2) is 4.79 Å². The minimum atomic E-state index is -0.432. The zero-order valence-corrected chi connectivity index (χ0v) is 16.0. The summed E-state index contributed by atoms with van der Waals surface area (Å²) >= 11 is 0. The van der Waals surface area contributed by atoms with Crippen LogP contribution in [0.3, 0.4) is 0 Å². The number of nitrogens with one attached hydrogen (secondary N) is 1. The van der Waals surface area contributed by atoms with Crippen molar-refractivity contribution in [3.8, 4) is 0 Å². The van der Waals surface area contributed by atoms with Crippen LogP contribution in [0.4, 0.5) is 4.79 Å². The SMILES string of the molecule is CCN1CCC(C(C)NCCN(CC)C(=O)OC(C)(C)C)CC1. The van der Waals surface area contributed by atoms with Crippen LogP contribution in [0.5, 0.6) is 0 Å². The number of hydrogen-bond acceptors (Lipinski definition) is 4. The molecule has 1 N–H and O–H groups in total. The first-order valence-corrected chi connectivity index (χ1v) is 9.20. The molecule has 0 aromatic carbocycles. The van der Waals surface area contributed by atoms with Crippen LogP contribution in [0.2, 0.25) is 0 Å². The van der Waals surface area contributed by atoms with Gasteiger partial charge in [-0.2, -0.15) is 0 Å². The van der Waals surface area contributed by atoms with Gasteiger partial charge in [0.15, 0.2) is 0 Å². The molecule has 0 radical (unpaired) electrons. The minimum absolute atomic E-state index is 0.217. The van der Waals surface area contributed by atoms with Gasteiger partial charge in [0.25, 0.3) is 0 Å². The third kappa shape index (κ3) is 7.53. The molecule has 0 aliphatic carbocycles. The fraction of sp³-hybridized carbons (Fsp3) is 0.944. The summed E-state index contributed by atoms with van der Waals surface area (Å²) in [4.78, 5) is 16.4. The van der Waals surface area contributed by atoms with Gasteiger partial charge >= 0.3 is 6.09 Å². The molecule has 1 aliphatic rings. The molecule has 0 aromatic rings. The molecule has 1 aliphatic heterocycles. The van der Waals surface area contributed by atoms with Crippen molar-refractivity contribution in [3.63, 3.8) is 0 Å². The number of nitrogens with zero attached hydrogens (tertiary/aromatic N) is 2. The first kappa shape index (κ1) is 20.2. The van der Waals surface area contributed by atoms with Crippen LogP contribution in [0, 0.1) is 5.92 Å². The summed E-state index contributed by atoms with van der Waals surface area (Å²) in [5, 5.41) is 3.60. The van der Waals surface area contributed by atoms with E-state index < -0.39 is 5.60 Å². The van der Waals surface area contributed by atoms with Crippen LogP contribution >= 0.6 is 0 Å². The zero-order chi connectivity index (χ0) is 17.5. The van der Waals surface area contributed by atoms with Crippen LogP contribution in [0.15, 0.2) is 0 Å². The Morgan fingerprint density at radius 3 is 2.39 bits per heavy atom. The molecule has 1 rings (SSSR count). The highest BCUT2D eigenvalue weighted by Gasteiger charge is 2.24. The number of ether oxygens (including phenoxy) is 1. The first-order valence-electron chi connectivity index (χ1n) is 9.20. The van der Waals surface area contributed by atoms with Crippen LogP contribution in [-0.4, -0.2) is 66.8 Å². The fourth-order valence-electron chi connectivity index (χ4n) is 3.07. The summed E-state index contributed by atoms with van der Waals surface area (Å²) in [6.45, 7) is 18.0. The molecule has 1 unspecified atom stereocenters. The van der Waals surface area contributed by atoms with Crippen LogP contribution in [0.1, 0.15) is 54.4 Å². The maximum atomic E-state index is 12.1. The number of likely N-dealkylation sites (tertiary alicyclic amines) is 1. The Balaban J connectivity index is 2.29. The standard InChI is InChI=1S/C18H37N3O2/c1-7-20-12-9-16(10-13-20)15(3)19-11-14-21(8-2)17(22)23-18(4,5)6/h15-16,19H,7-14H2,1-6H3. The lowest BCUT2D eigenvalue weighted by molar-refractivity contribution is 0.0259. The smallest absolute Gasteiger partial charge is 0.410 e. The van der Waals surface area contributed by atoms with Gasteiger partial charge in [0.1, 0.15) is 5.60 Å². The zero-order valence-electron chi connectivity index (χ0n) is 16.0. The molecule has 5 heteroatoms. The predicted molar refractivity (Wildman–Crippen MR) is 95.8 cm³/mol. The topological polar surface area (TPSA) is 44.8 Å². The molecule has 0 saturated carbocycles. The molecule has 0 bridgehead atoms. The Labute approximate surface area is 142 Å². The van der Waals surface area contributed by atoms with Crippen molar-refractivity contribution in [3.05, 3.63) is 0 Å². The number of hydrogen-bond donors (Lipinski definition) is 1. The van der Waals surface area contributed by atoms with E-state index in [1.165, 1.54) is 25.9 Å². The van der Waals surface area contributed by atoms with Crippen molar-refractivity contribution in [1.82, 2.24) is 15.1 Å². The van der Waals surface area contributed by atoms with Gasteiger partial charge in [0.05, 0.1) is 0 Å². The Kier molecular flexibility index (Phi) is 8.34. The van der Waals surface area contributed by atoms with E-state index in [9.17, 15) is 4.79 Å². The third-order valence-corrected chi connectivity index (χ3v) is 4.67. The molecule has 1 atom stereocenters. The van der Waals surface area contributed by atoms with Crippen molar-refractivity contribution in [2.24, 2.45) is 5.92 Å². The summed E-state index contributed by atoms with van der Waals surface area (Å²) in [7, 11) is 0. The van der Waals surface area contributed by atoms with E-state index in [0.29, 0.717) is 19.1 Å². The molecule has 1 fully saturated rings. The lowest BCUT2D eigenvalue weighted by atomic mass is 9.90. The van der Waals surface area contributed by atoms with E-state index in [1.807, 2.05) is 27.7 Å². The van der Waals surface area contributed by atoms with Crippen LogP contribution in [-0.2, 0) is 4.74 Å². The molecule has 23 heavy (non-hydrogen) atoms. The number of carbonyl (C=O) groups excluding carboxylic acids is 1. The van der Waals surface area contributed by atoms with Gasteiger partial charge in [0.2, 0.25) is 0 Å². The Bertz CT molecular complexity index is 347. The molecular formula is C18H37N3O2. The van der Waals surface area contributed by atoms with E-state index in [1.54, 1.807) is 4.90 Å². The number of amides is 1. The molecule has 136 valence electrons. The molecule has 0 spiro atoms. The minimum Gasteiger partial charge on any atom is -0.444 e. The van der Waals surface area contributed by atoms with Gasteiger partial charge in [-0.05, 0) is 73.0 Å². The van der Waals surface area contributed by atoms with E-state index in [4.69, 9.17) is 4.74 Å². The second kappa shape index (κ2) is 9.48. The highest BCUT2D eigenvalue weighted by Crippen LogP contribution is 2.20.